The van der Waals surface area contributed by atoms with E-state index in [4.69, 9.17) is 0 Å². The molecular formula is C12H19NO2S. The van der Waals surface area contributed by atoms with E-state index in [1.807, 2.05) is 6.92 Å². The van der Waals surface area contributed by atoms with Gasteiger partial charge in [-0.25, -0.2) is 0 Å². The van der Waals surface area contributed by atoms with Crippen molar-refractivity contribution in [2.45, 2.75) is 25.9 Å². The van der Waals surface area contributed by atoms with Crippen LogP contribution in [-0.4, -0.2) is 28.3 Å². The van der Waals surface area contributed by atoms with Gasteiger partial charge in [-0.3, -0.25) is 0 Å². The minimum atomic E-state index is -0.0663. The van der Waals surface area contributed by atoms with Crippen LogP contribution in [0.1, 0.15) is 25.5 Å². The fourth-order valence-electron chi connectivity index (χ4n) is 1.79. The van der Waals surface area contributed by atoms with Crippen LogP contribution in [-0.2, 0) is 0 Å². The van der Waals surface area contributed by atoms with E-state index in [2.05, 4.69) is 18.5 Å². The number of aromatic hydroxyl groups is 2. The van der Waals surface area contributed by atoms with Crippen molar-refractivity contribution in [2.75, 3.05) is 12.0 Å². The van der Waals surface area contributed by atoms with Crippen LogP contribution in [0.5, 0.6) is 11.5 Å². The van der Waals surface area contributed by atoms with Gasteiger partial charge in [0, 0.05) is 17.8 Å². The molecule has 90 valence electrons. The lowest BCUT2D eigenvalue weighted by atomic mass is 10.1. The van der Waals surface area contributed by atoms with Gasteiger partial charge in [-0.05, 0) is 32.2 Å². The van der Waals surface area contributed by atoms with Gasteiger partial charge in [0.25, 0.3) is 0 Å². The minimum Gasteiger partial charge on any atom is -0.507 e. The van der Waals surface area contributed by atoms with E-state index in [0.717, 1.165) is 5.75 Å². The summed E-state index contributed by atoms with van der Waals surface area (Å²) in [6, 6.07) is 5.08. The van der Waals surface area contributed by atoms with Crippen molar-refractivity contribution in [1.29, 1.82) is 0 Å². The molecule has 3 nitrogen and oxygen atoms in total. The third-order valence-corrected chi connectivity index (χ3v) is 3.28. The molecule has 0 aliphatic rings. The summed E-state index contributed by atoms with van der Waals surface area (Å²) < 4.78 is 0. The fraction of sp³-hybridized carbons (Fsp3) is 0.500. The van der Waals surface area contributed by atoms with E-state index in [0.29, 0.717) is 11.6 Å². The third kappa shape index (κ3) is 3.32. The SMILES string of the molecule is CSCC(C)NC(C)c1c(O)cccc1O. The van der Waals surface area contributed by atoms with Gasteiger partial charge >= 0.3 is 0 Å². The zero-order valence-corrected chi connectivity index (χ0v) is 10.7. The Bertz CT molecular complexity index is 324. The van der Waals surface area contributed by atoms with Crippen molar-refractivity contribution >= 4 is 11.8 Å². The van der Waals surface area contributed by atoms with Crippen LogP contribution in [0.25, 0.3) is 0 Å². The summed E-state index contributed by atoms with van der Waals surface area (Å²) in [6.45, 7) is 4.02. The number of nitrogens with one attached hydrogen (secondary N) is 1. The lowest BCUT2D eigenvalue weighted by molar-refractivity contribution is 0.411. The molecule has 2 atom stereocenters. The minimum absolute atomic E-state index is 0.0663. The Morgan fingerprint density at radius 3 is 2.31 bits per heavy atom. The van der Waals surface area contributed by atoms with Crippen molar-refractivity contribution < 1.29 is 10.2 Å². The molecular weight excluding hydrogens is 222 g/mol. The van der Waals surface area contributed by atoms with Gasteiger partial charge < -0.3 is 15.5 Å². The number of benzene rings is 1. The molecule has 0 bridgehead atoms. The molecule has 1 aromatic carbocycles. The van der Waals surface area contributed by atoms with Crippen LogP contribution in [0, 0.1) is 0 Å². The van der Waals surface area contributed by atoms with Crippen molar-refractivity contribution in [1.82, 2.24) is 5.32 Å². The molecule has 16 heavy (non-hydrogen) atoms. The molecule has 1 rings (SSSR count). The van der Waals surface area contributed by atoms with Gasteiger partial charge in [-0.15, -0.1) is 0 Å². The van der Waals surface area contributed by atoms with E-state index >= 15 is 0 Å². The second kappa shape index (κ2) is 6.01. The van der Waals surface area contributed by atoms with Gasteiger partial charge in [0.15, 0.2) is 0 Å². The molecule has 0 aliphatic heterocycles. The van der Waals surface area contributed by atoms with Gasteiger partial charge in [0.2, 0.25) is 0 Å². The molecule has 0 saturated carbocycles. The maximum Gasteiger partial charge on any atom is 0.124 e. The van der Waals surface area contributed by atoms with Crippen LogP contribution >= 0.6 is 11.8 Å². The Labute approximate surface area is 101 Å². The number of thioether (sulfide) groups is 1. The standard InChI is InChI=1S/C12H19NO2S/c1-8(7-16-3)13-9(2)12-10(14)5-4-6-11(12)15/h4-6,8-9,13-15H,7H2,1-3H3. The Kier molecular flexibility index (Phi) is 4.96. The summed E-state index contributed by atoms with van der Waals surface area (Å²) in [5.74, 6) is 1.27. The number of rotatable bonds is 5. The first kappa shape index (κ1) is 13.2. The molecule has 0 spiro atoms. The van der Waals surface area contributed by atoms with Crippen LogP contribution in [0.4, 0.5) is 0 Å². The van der Waals surface area contributed by atoms with E-state index in [-0.39, 0.29) is 17.5 Å². The lowest BCUT2D eigenvalue weighted by Crippen LogP contribution is -2.30. The smallest absolute Gasteiger partial charge is 0.124 e. The van der Waals surface area contributed by atoms with Crippen molar-refractivity contribution in [3.05, 3.63) is 23.8 Å². The maximum absolute atomic E-state index is 9.70. The van der Waals surface area contributed by atoms with Crippen LogP contribution in [0.2, 0.25) is 0 Å². The average Bonchev–Trinajstić information content (AvgIpc) is 2.17. The molecule has 0 aliphatic carbocycles. The lowest BCUT2D eigenvalue weighted by Gasteiger charge is -2.21. The molecule has 0 fully saturated rings. The number of hydrogen-bond donors (Lipinski definition) is 3. The zero-order valence-electron chi connectivity index (χ0n) is 9.90. The molecule has 0 heterocycles. The first-order valence-electron chi connectivity index (χ1n) is 5.32. The quantitative estimate of drug-likeness (QED) is 0.741. The van der Waals surface area contributed by atoms with E-state index < -0.39 is 0 Å². The topological polar surface area (TPSA) is 52.5 Å². The third-order valence-electron chi connectivity index (χ3n) is 2.44. The second-order valence-electron chi connectivity index (χ2n) is 3.95. The van der Waals surface area contributed by atoms with E-state index in [1.54, 1.807) is 30.0 Å². The van der Waals surface area contributed by atoms with E-state index in [9.17, 15) is 10.2 Å². The Hall–Kier alpha value is -0.870. The van der Waals surface area contributed by atoms with Crippen LogP contribution < -0.4 is 5.32 Å². The molecule has 2 unspecified atom stereocenters. The van der Waals surface area contributed by atoms with E-state index in [1.165, 1.54) is 0 Å². The Morgan fingerprint density at radius 1 is 1.25 bits per heavy atom. The number of phenolic OH excluding ortho intramolecular Hbond substituents is 2. The molecule has 1 aromatic rings. The van der Waals surface area contributed by atoms with Crippen LogP contribution in [0.15, 0.2) is 18.2 Å². The van der Waals surface area contributed by atoms with Gasteiger partial charge in [0.05, 0.1) is 5.56 Å². The Balaban J connectivity index is 2.76. The highest BCUT2D eigenvalue weighted by molar-refractivity contribution is 7.98. The molecule has 0 amide bonds. The first-order valence-corrected chi connectivity index (χ1v) is 6.71. The highest BCUT2D eigenvalue weighted by atomic mass is 32.2. The molecule has 0 saturated heterocycles. The molecule has 0 radical (unpaired) electrons. The van der Waals surface area contributed by atoms with Crippen molar-refractivity contribution in [3.8, 4) is 11.5 Å². The summed E-state index contributed by atoms with van der Waals surface area (Å²) in [4.78, 5) is 0. The highest BCUT2D eigenvalue weighted by Crippen LogP contribution is 2.32. The second-order valence-corrected chi connectivity index (χ2v) is 4.87. The average molecular weight is 241 g/mol. The van der Waals surface area contributed by atoms with Gasteiger partial charge in [-0.1, -0.05) is 6.07 Å². The van der Waals surface area contributed by atoms with Gasteiger partial charge in [0.1, 0.15) is 11.5 Å². The maximum atomic E-state index is 9.70. The molecule has 3 N–H and O–H groups in total. The highest BCUT2D eigenvalue weighted by Gasteiger charge is 2.16. The van der Waals surface area contributed by atoms with Crippen LogP contribution in [0.3, 0.4) is 0 Å². The van der Waals surface area contributed by atoms with Crippen molar-refractivity contribution in [3.63, 3.8) is 0 Å². The summed E-state index contributed by atoms with van der Waals surface area (Å²) in [7, 11) is 0. The normalized spacial score (nSPS) is 14.7. The number of phenols is 2. The number of hydrogen-bond acceptors (Lipinski definition) is 4. The predicted octanol–water partition coefficient (Wildman–Crippen LogP) is 2.50. The zero-order chi connectivity index (χ0) is 12.1. The largest absolute Gasteiger partial charge is 0.507 e. The molecule has 0 aromatic heterocycles. The fourth-order valence-corrected chi connectivity index (χ4v) is 2.39. The summed E-state index contributed by atoms with van der Waals surface area (Å²) in [5.41, 5.74) is 0.565. The van der Waals surface area contributed by atoms with Gasteiger partial charge in [-0.2, -0.15) is 11.8 Å². The molecule has 4 heteroatoms. The predicted molar refractivity (Wildman–Crippen MR) is 69.2 cm³/mol. The first-order chi connectivity index (χ1) is 7.56. The Morgan fingerprint density at radius 2 is 1.81 bits per heavy atom. The summed E-state index contributed by atoms with van der Waals surface area (Å²) in [5, 5.41) is 22.7. The van der Waals surface area contributed by atoms with Crippen molar-refractivity contribution in [2.24, 2.45) is 0 Å². The summed E-state index contributed by atoms with van der Waals surface area (Å²) in [6.07, 6.45) is 2.06. The summed E-state index contributed by atoms with van der Waals surface area (Å²) >= 11 is 1.77. The monoisotopic (exact) mass is 241 g/mol.